The van der Waals surface area contributed by atoms with Gasteiger partial charge in [-0.05, 0) is 92.3 Å². The molecule has 23 heavy (non-hydrogen) atoms. The number of aliphatic hydroxyl groups is 1. The van der Waals surface area contributed by atoms with Crippen molar-refractivity contribution in [3.63, 3.8) is 0 Å². The van der Waals surface area contributed by atoms with Gasteiger partial charge in [0.15, 0.2) is 0 Å². The van der Waals surface area contributed by atoms with Gasteiger partial charge in [0.25, 0.3) is 0 Å². The highest BCUT2D eigenvalue weighted by atomic mass is 16.4. The molecule has 0 spiro atoms. The molecule has 2 N–H and O–H groups in total. The van der Waals surface area contributed by atoms with Crippen LogP contribution in [0.25, 0.3) is 0 Å². The summed E-state index contributed by atoms with van der Waals surface area (Å²) in [6.07, 6.45) is 9.90. The lowest BCUT2D eigenvalue weighted by Gasteiger charge is -2.60. The van der Waals surface area contributed by atoms with E-state index in [2.05, 4.69) is 13.8 Å². The minimum absolute atomic E-state index is 0.0321. The van der Waals surface area contributed by atoms with Crippen LogP contribution in [0.2, 0.25) is 0 Å². The van der Waals surface area contributed by atoms with Gasteiger partial charge in [-0.3, -0.25) is 4.79 Å². The predicted molar refractivity (Wildman–Crippen MR) is 88.9 cm³/mol. The molecule has 0 aromatic heterocycles. The van der Waals surface area contributed by atoms with Gasteiger partial charge in [-0.1, -0.05) is 13.8 Å². The Morgan fingerprint density at radius 3 is 2.35 bits per heavy atom. The number of hydrogen-bond donors (Lipinski definition) is 2. The van der Waals surface area contributed by atoms with E-state index in [0.29, 0.717) is 17.3 Å². The topological polar surface area (TPSA) is 57.5 Å². The van der Waals surface area contributed by atoms with Crippen LogP contribution in [0.1, 0.15) is 71.6 Å². The third kappa shape index (κ3) is 2.14. The Labute approximate surface area is 139 Å². The molecule has 1 unspecified atom stereocenters. The van der Waals surface area contributed by atoms with Crippen molar-refractivity contribution in [1.82, 2.24) is 0 Å². The Kier molecular flexibility index (Phi) is 3.61. The van der Waals surface area contributed by atoms with E-state index >= 15 is 0 Å². The smallest absolute Gasteiger partial charge is 0.307 e. The maximum absolute atomic E-state index is 11.7. The summed E-state index contributed by atoms with van der Waals surface area (Å²) in [6.45, 7) is 4.77. The second-order valence-electron chi connectivity index (χ2n) is 9.60. The predicted octanol–water partition coefficient (Wildman–Crippen LogP) is 4.09. The van der Waals surface area contributed by atoms with Gasteiger partial charge in [-0.15, -0.1) is 0 Å². The van der Waals surface area contributed by atoms with Crippen molar-refractivity contribution in [3.05, 3.63) is 0 Å². The fraction of sp³-hybridized carbons (Fsp3) is 0.950. The first-order valence-electron chi connectivity index (χ1n) is 9.77. The van der Waals surface area contributed by atoms with Crippen LogP contribution < -0.4 is 0 Å². The zero-order valence-corrected chi connectivity index (χ0v) is 14.6. The lowest BCUT2D eigenvalue weighted by atomic mass is 9.44. The van der Waals surface area contributed by atoms with Crippen LogP contribution in [0.3, 0.4) is 0 Å². The van der Waals surface area contributed by atoms with Crippen LogP contribution in [0.4, 0.5) is 0 Å². The van der Waals surface area contributed by atoms with Crippen LogP contribution in [-0.4, -0.2) is 22.3 Å². The van der Waals surface area contributed by atoms with Gasteiger partial charge in [0, 0.05) is 0 Å². The summed E-state index contributed by atoms with van der Waals surface area (Å²) in [4.78, 5) is 11.7. The SMILES string of the molecule is C[C@]12CC[C@H]3[C@@H](CCC4C[C@@H](O)CC[C@@]43C)[C@@H]1CC[C@@H]2C(=O)O. The Morgan fingerprint density at radius 2 is 1.61 bits per heavy atom. The van der Waals surface area contributed by atoms with E-state index in [1.807, 2.05) is 0 Å². The number of aliphatic hydroxyl groups excluding tert-OH is 1. The second kappa shape index (κ2) is 5.21. The van der Waals surface area contributed by atoms with E-state index in [9.17, 15) is 15.0 Å². The van der Waals surface area contributed by atoms with Crippen molar-refractivity contribution in [2.45, 2.75) is 77.7 Å². The summed E-state index contributed by atoms with van der Waals surface area (Å²) in [5.41, 5.74) is 0.426. The highest BCUT2D eigenvalue weighted by molar-refractivity contribution is 5.71. The lowest BCUT2D eigenvalue weighted by Crippen LogP contribution is -2.54. The van der Waals surface area contributed by atoms with Gasteiger partial charge in [0.1, 0.15) is 0 Å². The first kappa shape index (κ1) is 15.9. The molecule has 0 aromatic carbocycles. The molecule has 3 heteroatoms. The first-order chi connectivity index (χ1) is 10.9. The standard InChI is InChI=1S/C20H32O3/c1-19-9-7-13(21)11-12(19)3-4-14-15-5-6-17(18(22)23)20(15,2)10-8-16(14)19/h12-17,21H,3-11H2,1-2H3,(H,22,23)/t12?,13-,14-,15-,16-,17+,19-,20-/m0/s1. The van der Waals surface area contributed by atoms with Crippen LogP contribution in [0, 0.1) is 40.4 Å². The van der Waals surface area contributed by atoms with Crippen molar-refractivity contribution in [3.8, 4) is 0 Å². The maximum atomic E-state index is 11.7. The molecule has 0 aliphatic heterocycles. The van der Waals surface area contributed by atoms with Gasteiger partial charge >= 0.3 is 5.97 Å². The molecular formula is C20H32O3. The van der Waals surface area contributed by atoms with E-state index in [4.69, 9.17) is 0 Å². The van der Waals surface area contributed by atoms with Crippen molar-refractivity contribution in [1.29, 1.82) is 0 Å². The number of rotatable bonds is 1. The molecule has 8 atom stereocenters. The quantitative estimate of drug-likeness (QED) is 0.765. The van der Waals surface area contributed by atoms with Crippen molar-refractivity contribution < 1.29 is 15.0 Å². The Balaban J connectivity index is 1.61. The van der Waals surface area contributed by atoms with Crippen LogP contribution in [-0.2, 0) is 4.79 Å². The molecule has 4 rings (SSSR count). The zero-order valence-electron chi connectivity index (χ0n) is 14.6. The number of carboxylic acid groups (broad SMARTS) is 1. The van der Waals surface area contributed by atoms with Crippen molar-refractivity contribution in [2.75, 3.05) is 0 Å². The summed E-state index contributed by atoms with van der Waals surface area (Å²) in [5, 5.41) is 19.7. The summed E-state index contributed by atoms with van der Waals surface area (Å²) in [6, 6.07) is 0. The van der Waals surface area contributed by atoms with Gasteiger partial charge in [-0.25, -0.2) is 0 Å². The lowest BCUT2D eigenvalue weighted by molar-refractivity contribution is -0.154. The van der Waals surface area contributed by atoms with Gasteiger partial charge < -0.3 is 10.2 Å². The normalized spacial score (nSPS) is 55.6. The van der Waals surface area contributed by atoms with E-state index in [-0.39, 0.29) is 17.4 Å². The Morgan fingerprint density at radius 1 is 0.913 bits per heavy atom. The van der Waals surface area contributed by atoms with E-state index < -0.39 is 5.97 Å². The molecule has 0 amide bonds. The monoisotopic (exact) mass is 320 g/mol. The van der Waals surface area contributed by atoms with E-state index in [0.717, 1.165) is 43.9 Å². The molecule has 3 nitrogen and oxygen atoms in total. The summed E-state index contributed by atoms with van der Waals surface area (Å²) in [7, 11) is 0. The molecule has 0 heterocycles. The van der Waals surface area contributed by atoms with E-state index in [1.54, 1.807) is 0 Å². The minimum atomic E-state index is -0.561. The summed E-state index contributed by atoms with van der Waals surface area (Å²) < 4.78 is 0. The fourth-order valence-corrected chi connectivity index (χ4v) is 7.64. The number of carbonyl (C=O) groups is 1. The molecule has 4 fully saturated rings. The maximum Gasteiger partial charge on any atom is 0.307 e. The van der Waals surface area contributed by atoms with Gasteiger partial charge in [-0.2, -0.15) is 0 Å². The first-order valence-corrected chi connectivity index (χ1v) is 9.77. The number of hydrogen-bond acceptors (Lipinski definition) is 2. The molecule has 130 valence electrons. The van der Waals surface area contributed by atoms with Gasteiger partial charge in [0.05, 0.1) is 12.0 Å². The highest BCUT2D eigenvalue weighted by Gasteiger charge is 2.61. The van der Waals surface area contributed by atoms with Crippen LogP contribution >= 0.6 is 0 Å². The Hall–Kier alpha value is -0.570. The third-order valence-electron chi connectivity index (χ3n) is 8.94. The molecule has 4 saturated carbocycles. The van der Waals surface area contributed by atoms with Crippen LogP contribution in [0.15, 0.2) is 0 Å². The molecule has 0 aromatic rings. The molecule has 0 radical (unpaired) electrons. The third-order valence-corrected chi connectivity index (χ3v) is 8.94. The Bertz CT molecular complexity index is 503. The average Bonchev–Trinajstić information content (AvgIpc) is 2.85. The average molecular weight is 320 g/mol. The molecule has 0 saturated heterocycles. The number of carboxylic acids is 1. The molecular weight excluding hydrogens is 288 g/mol. The zero-order chi connectivity index (χ0) is 16.4. The largest absolute Gasteiger partial charge is 0.481 e. The molecule has 4 aliphatic rings. The van der Waals surface area contributed by atoms with Crippen molar-refractivity contribution in [2.24, 2.45) is 40.4 Å². The molecule has 0 bridgehead atoms. The minimum Gasteiger partial charge on any atom is -0.481 e. The summed E-state index contributed by atoms with van der Waals surface area (Å²) >= 11 is 0. The molecule has 4 aliphatic carbocycles. The van der Waals surface area contributed by atoms with E-state index in [1.165, 1.54) is 25.7 Å². The van der Waals surface area contributed by atoms with Gasteiger partial charge in [0.2, 0.25) is 0 Å². The number of fused-ring (bicyclic) bond motifs is 5. The number of aliphatic carboxylic acids is 1. The van der Waals surface area contributed by atoms with Crippen LogP contribution in [0.5, 0.6) is 0 Å². The highest BCUT2D eigenvalue weighted by Crippen LogP contribution is 2.67. The second-order valence-corrected chi connectivity index (χ2v) is 9.60. The fourth-order valence-electron chi connectivity index (χ4n) is 7.64. The van der Waals surface area contributed by atoms with Crippen molar-refractivity contribution >= 4 is 5.97 Å². The summed E-state index contributed by atoms with van der Waals surface area (Å²) in [5.74, 6) is 2.12.